The number of hydrogen-bond donors (Lipinski definition) is 1. The van der Waals surface area contributed by atoms with Gasteiger partial charge in [0.25, 0.3) is 0 Å². The van der Waals surface area contributed by atoms with Crippen molar-refractivity contribution in [3.8, 4) is 0 Å². The Morgan fingerprint density at radius 2 is 1.27 bits per heavy atom. The SMILES string of the molecule is C(=NNc1ccccc1)c1ccccc1C1C(c2ccccc2)=Cc2ccccc21. The molecule has 4 aromatic rings. The molecule has 0 saturated carbocycles. The maximum Gasteiger partial charge on any atom is 0.0561 e. The third kappa shape index (κ3) is 3.56. The number of hydrogen-bond acceptors (Lipinski definition) is 2. The minimum absolute atomic E-state index is 0.183. The molecule has 5 rings (SSSR count). The molecule has 1 atom stereocenters. The molecule has 2 nitrogen and oxygen atoms in total. The Labute approximate surface area is 177 Å². The van der Waals surface area contributed by atoms with Crippen LogP contribution in [0.4, 0.5) is 5.69 Å². The topological polar surface area (TPSA) is 24.4 Å². The van der Waals surface area contributed by atoms with E-state index in [1.54, 1.807) is 0 Å². The van der Waals surface area contributed by atoms with Gasteiger partial charge in [0.05, 0.1) is 11.9 Å². The van der Waals surface area contributed by atoms with Crippen molar-refractivity contribution in [1.82, 2.24) is 0 Å². The zero-order valence-corrected chi connectivity index (χ0v) is 16.6. The smallest absolute Gasteiger partial charge is 0.0561 e. The standard InChI is InChI=1S/C28H22N2/c1-3-11-21(12-4-1)27-19-22-13-7-9-17-25(22)28(27)26-18-10-8-14-23(26)20-29-30-24-15-5-2-6-16-24/h1-20,28,30H. The Hall–Kier alpha value is -3.91. The molecule has 0 radical (unpaired) electrons. The number of para-hydroxylation sites is 1. The molecule has 0 amide bonds. The quantitative estimate of drug-likeness (QED) is 0.295. The third-order valence-corrected chi connectivity index (χ3v) is 5.51. The molecule has 30 heavy (non-hydrogen) atoms. The van der Waals surface area contributed by atoms with Gasteiger partial charge in [-0.25, -0.2) is 0 Å². The first kappa shape index (κ1) is 18.1. The van der Waals surface area contributed by atoms with Crippen LogP contribution in [0.15, 0.2) is 114 Å². The van der Waals surface area contributed by atoms with E-state index in [2.05, 4.69) is 95.5 Å². The number of benzene rings is 4. The second-order valence-electron chi connectivity index (χ2n) is 7.39. The van der Waals surface area contributed by atoms with Gasteiger partial charge in [-0.15, -0.1) is 0 Å². The molecule has 1 N–H and O–H groups in total. The van der Waals surface area contributed by atoms with Crippen LogP contribution in [-0.4, -0.2) is 6.21 Å². The van der Waals surface area contributed by atoms with Crippen molar-refractivity contribution in [2.45, 2.75) is 5.92 Å². The summed E-state index contributed by atoms with van der Waals surface area (Å²) in [7, 11) is 0. The molecule has 1 unspecified atom stereocenters. The number of anilines is 1. The molecule has 2 heteroatoms. The van der Waals surface area contributed by atoms with Crippen molar-refractivity contribution in [1.29, 1.82) is 0 Å². The number of hydrazone groups is 1. The molecule has 0 bridgehead atoms. The molecule has 4 aromatic carbocycles. The Balaban J connectivity index is 1.55. The minimum atomic E-state index is 0.183. The second-order valence-corrected chi connectivity index (χ2v) is 7.39. The van der Waals surface area contributed by atoms with E-state index in [1.807, 2.05) is 36.5 Å². The molecule has 144 valence electrons. The van der Waals surface area contributed by atoms with Crippen LogP contribution in [0, 0.1) is 0 Å². The predicted octanol–water partition coefficient (Wildman–Crippen LogP) is 6.82. The van der Waals surface area contributed by atoms with Gasteiger partial charge in [0, 0.05) is 5.92 Å². The van der Waals surface area contributed by atoms with Gasteiger partial charge in [0.1, 0.15) is 0 Å². The van der Waals surface area contributed by atoms with Crippen LogP contribution >= 0.6 is 0 Å². The monoisotopic (exact) mass is 386 g/mol. The van der Waals surface area contributed by atoms with E-state index < -0.39 is 0 Å². The van der Waals surface area contributed by atoms with Crippen molar-refractivity contribution < 1.29 is 0 Å². The number of nitrogens with zero attached hydrogens (tertiary/aromatic N) is 1. The summed E-state index contributed by atoms with van der Waals surface area (Å²) in [5, 5.41) is 4.50. The van der Waals surface area contributed by atoms with Gasteiger partial charge in [0.15, 0.2) is 0 Å². The molecule has 1 aliphatic rings. The summed E-state index contributed by atoms with van der Waals surface area (Å²) in [6.45, 7) is 0. The van der Waals surface area contributed by atoms with Gasteiger partial charge in [0.2, 0.25) is 0 Å². The number of fused-ring (bicyclic) bond motifs is 1. The largest absolute Gasteiger partial charge is 0.279 e. The molecule has 0 fully saturated rings. The normalized spacial score (nSPS) is 15.1. The third-order valence-electron chi connectivity index (χ3n) is 5.51. The Morgan fingerprint density at radius 1 is 0.633 bits per heavy atom. The Morgan fingerprint density at radius 3 is 2.07 bits per heavy atom. The van der Waals surface area contributed by atoms with Gasteiger partial charge in [-0.05, 0) is 51.6 Å². The van der Waals surface area contributed by atoms with Crippen molar-refractivity contribution in [2.75, 3.05) is 5.43 Å². The maximum absolute atomic E-state index is 4.50. The fourth-order valence-corrected chi connectivity index (χ4v) is 4.12. The van der Waals surface area contributed by atoms with Gasteiger partial charge >= 0.3 is 0 Å². The van der Waals surface area contributed by atoms with E-state index in [4.69, 9.17) is 0 Å². The summed E-state index contributed by atoms with van der Waals surface area (Å²) in [4.78, 5) is 0. The highest BCUT2D eigenvalue weighted by Gasteiger charge is 2.28. The molecule has 0 aliphatic heterocycles. The summed E-state index contributed by atoms with van der Waals surface area (Å²) < 4.78 is 0. The second kappa shape index (κ2) is 8.22. The van der Waals surface area contributed by atoms with E-state index >= 15 is 0 Å². The predicted molar refractivity (Wildman–Crippen MR) is 127 cm³/mol. The molecule has 1 aliphatic carbocycles. The first-order valence-electron chi connectivity index (χ1n) is 10.2. The fraction of sp³-hybridized carbons (Fsp3) is 0.0357. The maximum atomic E-state index is 4.50. The van der Waals surface area contributed by atoms with Crippen molar-refractivity contribution >= 4 is 23.6 Å². The van der Waals surface area contributed by atoms with Crippen LogP contribution in [0.5, 0.6) is 0 Å². The minimum Gasteiger partial charge on any atom is -0.279 e. The highest BCUT2D eigenvalue weighted by molar-refractivity contribution is 5.95. The first-order valence-corrected chi connectivity index (χ1v) is 10.2. The van der Waals surface area contributed by atoms with E-state index in [0.29, 0.717) is 0 Å². The number of rotatable bonds is 5. The Bertz CT molecular complexity index is 1210. The summed E-state index contributed by atoms with van der Waals surface area (Å²) >= 11 is 0. The molecular weight excluding hydrogens is 364 g/mol. The lowest BCUT2D eigenvalue weighted by molar-refractivity contribution is 1.06. The van der Waals surface area contributed by atoms with Crippen LogP contribution in [0.2, 0.25) is 0 Å². The number of nitrogens with one attached hydrogen (secondary N) is 1. The van der Waals surface area contributed by atoms with E-state index in [9.17, 15) is 0 Å². The highest BCUT2D eigenvalue weighted by Crippen LogP contribution is 2.46. The van der Waals surface area contributed by atoms with E-state index in [-0.39, 0.29) is 5.92 Å². The molecule has 0 heterocycles. The van der Waals surface area contributed by atoms with E-state index in [1.165, 1.54) is 27.8 Å². The molecular formula is C28H22N2. The zero-order chi connectivity index (χ0) is 20.2. The highest BCUT2D eigenvalue weighted by atomic mass is 15.3. The lowest BCUT2D eigenvalue weighted by atomic mass is 9.83. The first-order chi connectivity index (χ1) is 14.9. The van der Waals surface area contributed by atoms with Crippen LogP contribution in [0.25, 0.3) is 11.6 Å². The molecule has 0 aromatic heterocycles. The molecule has 0 saturated heterocycles. The van der Waals surface area contributed by atoms with Crippen molar-refractivity contribution in [3.63, 3.8) is 0 Å². The number of allylic oxidation sites excluding steroid dienone is 1. The van der Waals surface area contributed by atoms with Crippen molar-refractivity contribution in [2.24, 2.45) is 5.10 Å². The van der Waals surface area contributed by atoms with Gasteiger partial charge in [-0.1, -0.05) is 97.1 Å². The van der Waals surface area contributed by atoms with Crippen LogP contribution in [0.3, 0.4) is 0 Å². The van der Waals surface area contributed by atoms with Crippen LogP contribution < -0.4 is 5.43 Å². The summed E-state index contributed by atoms with van der Waals surface area (Å²) in [5.74, 6) is 0.183. The summed E-state index contributed by atoms with van der Waals surface area (Å²) in [5.41, 5.74) is 11.7. The zero-order valence-electron chi connectivity index (χ0n) is 16.6. The van der Waals surface area contributed by atoms with E-state index in [0.717, 1.165) is 11.3 Å². The van der Waals surface area contributed by atoms with Crippen LogP contribution in [-0.2, 0) is 0 Å². The van der Waals surface area contributed by atoms with Crippen LogP contribution in [0.1, 0.15) is 33.7 Å². The summed E-state index contributed by atoms with van der Waals surface area (Å²) in [6.07, 6.45) is 4.25. The van der Waals surface area contributed by atoms with Gasteiger partial charge < -0.3 is 0 Å². The lowest BCUT2D eigenvalue weighted by Gasteiger charge is -2.20. The average molecular weight is 386 g/mol. The molecule has 0 spiro atoms. The van der Waals surface area contributed by atoms with Gasteiger partial charge in [-0.2, -0.15) is 5.10 Å². The lowest BCUT2D eigenvalue weighted by Crippen LogP contribution is -2.05. The Kier molecular flexibility index (Phi) is 4.97. The van der Waals surface area contributed by atoms with Gasteiger partial charge in [-0.3, -0.25) is 5.43 Å². The van der Waals surface area contributed by atoms with Crippen molar-refractivity contribution in [3.05, 3.63) is 137 Å². The fourth-order valence-electron chi connectivity index (χ4n) is 4.12. The average Bonchev–Trinajstić information content (AvgIpc) is 3.20. The summed E-state index contributed by atoms with van der Waals surface area (Å²) in [6, 6.07) is 37.9.